The lowest BCUT2D eigenvalue weighted by molar-refractivity contribution is -0.433. The van der Waals surface area contributed by atoms with Crippen molar-refractivity contribution < 1.29 is 14.4 Å². The van der Waals surface area contributed by atoms with E-state index in [0.717, 1.165) is 0 Å². The van der Waals surface area contributed by atoms with E-state index in [-0.39, 0.29) is 5.70 Å². The highest BCUT2D eigenvalue weighted by Gasteiger charge is 2.27. The summed E-state index contributed by atoms with van der Waals surface area (Å²) in [5, 5.41) is 10.7. The molecule has 0 N–H and O–H groups in total. The largest absolute Gasteiger partial charge is 0.497 e. The van der Waals surface area contributed by atoms with Gasteiger partial charge in [-0.15, -0.1) is 0 Å². The van der Waals surface area contributed by atoms with E-state index in [1.165, 1.54) is 6.08 Å². The van der Waals surface area contributed by atoms with Crippen LogP contribution in [-0.2, 0) is 0 Å². The molecule has 1 unspecified atom stereocenters. The molecule has 0 radical (unpaired) electrons. The van der Waals surface area contributed by atoms with Gasteiger partial charge in [-0.2, -0.15) is 0 Å². The normalized spacial score (nSPS) is 18.1. The first-order valence-corrected chi connectivity index (χ1v) is 4.82. The Balaban J connectivity index is 2.45. The fourth-order valence-corrected chi connectivity index (χ4v) is 1.59. The average Bonchev–Trinajstić information content (AvgIpc) is 2.27. The second-order valence-corrected chi connectivity index (χ2v) is 3.49. The average molecular weight is 221 g/mol. The molecule has 0 aliphatic carbocycles. The van der Waals surface area contributed by atoms with Gasteiger partial charge in [-0.3, -0.25) is 10.1 Å². The predicted molar refractivity (Wildman–Crippen MR) is 58.1 cm³/mol. The Hall–Kier alpha value is -2.04. The van der Waals surface area contributed by atoms with E-state index < -0.39 is 11.0 Å². The van der Waals surface area contributed by atoms with Crippen molar-refractivity contribution in [2.45, 2.75) is 13.0 Å². The van der Waals surface area contributed by atoms with Gasteiger partial charge in [0.25, 0.3) is 5.70 Å². The third-order valence-corrected chi connectivity index (χ3v) is 2.46. The first-order chi connectivity index (χ1) is 7.61. The van der Waals surface area contributed by atoms with Crippen molar-refractivity contribution in [2.75, 3.05) is 7.11 Å². The minimum atomic E-state index is -0.547. The Morgan fingerprint density at radius 1 is 1.50 bits per heavy atom. The minimum absolute atomic E-state index is 0.0673. The van der Waals surface area contributed by atoms with E-state index >= 15 is 0 Å². The molecule has 5 heteroatoms. The lowest BCUT2D eigenvalue weighted by Gasteiger charge is -2.19. The lowest BCUT2D eigenvalue weighted by Crippen LogP contribution is -2.23. The van der Waals surface area contributed by atoms with Crippen molar-refractivity contribution in [3.8, 4) is 11.5 Å². The monoisotopic (exact) mass is 221 g/mol. The second kappa shape index (κ2) is 3.84. The molecule has 0 spiro atoms. The molecule has 0 fully saturated rings. The molecule has 1 heterocycles. The van der Waals surface area contributed by atoms with Crippen LogP contribution in [0.4, 0.5) is 0 Å². The van der Waals surface area contributed by atoms with Crippen LogP contribution in [0.5, 0.6) is 11.5 Å². The van der Waals surface area contributed by atoms with Gasteiger partial charge in [0.2, 0.25) is 0 Å². The Bertz CT molecular complexity index is 467. The maximum atomic E-state index is 10.7. The van der Waals surface area contributed by atoms with E-state index in [1.54, 1.807) is 32.2 Å². The van der Waals surface area contributed by atoms with Crippen LogP contribution < -0.4 is 9.47 Å². The molecule has 0 aromatic heterocycles. The van der Waals surface area contributed by atoms with E-state index in [1.807, 2.05) is 0 Å². The number of fused-ring (bicyclic) bond motifs is 1. The minimum Gasteiger partial charge on any atom is -0.497 e. The molecule has 0 bridgehead atoms. The SMILES string of the molecule is COc1ccc2c(c1)OC(C)C([N+](=O)[O-])=C2. The maximum absolute atomic E-state index is 10.7. The number of nitro groups is 1. The number of nitrogens with zero attached hydrogens (tertiary/aromatic N) is 1. The number of hydrogen-bond acceptors (Lipinski definition) is 4. The van der Waals surface area contributed by atoms with Crippen molar-refractivity contribution in [3.63, 3.8) is 0 Å². The highest BCUT2D eigenvalue weighted by molar-refractivity contribution is 5.63. The molecule has 1 atom stereocenters. The van der Waals surface area contributed by atoms with Crippen LogP contribution >= 0.6 is 0 Å². The van der Waals surface area contributed by atoms with Crippen LogP contribution in [0.3, 0.4) is 0 Å². The van der Waals surface area contributed by atoms with E-state index in [4.69, 9.17) is 9.47 Å². The molecule has 84 valence electrons. The fourth-order valence-electron chi connectivity index (χ4n) is 1.59. The van der Waals surface area contributed by atoms with Crippen LogP contribution in [-0.4, -0.2) is 18.1 Å². The first kappa shape index (κ1) is 10.5. The molecule has 2 rings (SSSR count). The molecule has 1 aromatic carbocycles. The Labute approximate surface area is 92.4 Å². The number of hydrogen-bond donors (Lipinski definition) is 0. The molecular formula is C11H11NO4. The molecule has 1 aliphatic heterocycles. The van der Waals surface area contributed by atoms with Gasteiger partial charge in [0.15, 0.2) is 6.10 Å². The first-order valence-electron chi connectivity index (χ1n) is 4.82. The molecule has 0 saturated carbocycles. The smallest absolute Gasteiger partial charge is 0.286 e. The fraction of sp³-hybridized carbons (Fsp3) is 0.273. The summed E-state index contributed by atoms with van der Waals surface area (Å²) in [7, 11) is 1.56. The number of benzene rings is 1. The third kappa shape index (κ3) is 1.71. The molecule has 1 aliphatic rings. The van der Waals surface area contributed by atoms with Gasteiger partial charge in [-0.1, -0.05) is 0 Å². The van der Waals surface area contributed by atoms with Crippen LogP contribution in [0.15, 0.2) is 23.9 Å². The number of rotatable bonds is 2. The summed E-state index contributed by atoms with van der Waals surface area (Å²) in [4.78, 5) is 10.3. The number of ether oxygens (including phenoxy) is 2. The molecule has 16 heavy (non-hydrogen) atoms. The molecule has 0 saturated heterocycles. The zero-order valence-electron chi connectivity index (χ0n) is 8.97. The van der Waals surface area contributed by atoms with Gasteiger partial charge in [-0.25, -0.2) is 0 Å². The van der Waals surface area contributed by atoms with Crippen LogP contribution in [0.25, 0.3) is 6.08 Å². The standard InChI is InChI=1S/C11H11NO4/c1-7-10(12(13)14)5-8-3-4-9(15-2)6-11(8)16-7/h3-7H,1-2H3. The zero-order valence-corrected chi connectivity index (χ0v) is 8.97. The van der Waals surface area contributed by atoms with Gasteiger partial charge in [0.1, 0.15) is 11.5 Å². The van der Waals surface area contributed by atoms with Crippen LogP contribution in [0.2, 0.25) is 0 Å². The molecule has 5 nitrogen and oxygen atoms in total. The van der Waals surface area contributed by atoms with Crippen LogP contribution in [0, 0.1) is 10.1 Å². The van der Waals surface area contributed by atoms with Gasteiger partial charge in [-0.05, 0) is 19.1 Å². The summed E-state index contributed by atoms with van der Waals surface area (Å²) in [6.07, 6.45) is 0.984. The highest BCUT2D eigenvalue weighted by atomic mass is 16.6. The summed E-state index contributed by atoms with van der Waals surface area (Å²) in [6, 6.07) is 5.20. The topological polar surface area (TPSA) is 61.6 Å². The van der Waals surface area contributed by atoms with Gasteiger partial charge >= 0.3 is 0 Å². The number of methoxy groups -OCH3 is 1. The molecular weight excluding hydrogens is 210 g/mol. The van der Waals surface area contributed by atoms with Crippen molar-refractivity contribution in [1.29, 1.82) is 0 Å². The quantitative estimate of drug-likeness (QED) is 0.566. The second-order valence-electron chi connectivity index (χ2n) is 3.49. The van der Waals surface area contributed by atoms with E-state index in [0.29, 0.717) is 17.1 Å². The third-order valence-electron chi connectivity index (χ3n) is 2.46. The molecule has 0 amide bonds. The van der Waals surface area contributed by atoms with Crippen LogP contribution in [0.1, 0.15) is 12.5 Å². The Morgan fingerprint density at radius 3 is 2.88 bits per heavy atom. The van der Waals surface area contributed by atoms with E-state index in [2.05, 4.69) is 0 Å². The van der Waals surface area contributed by atoms with Crippen molar-refractivity contribution in [2.24, 2.45) is 0 Å². The highest BCUT2D eigenvalue weighted by Crippen LogP contribution is 2.32. The summed E-state index contributed by atoms with van der Waals surface area (Å²) in [5.74, 6) is 1.28. The van der Waals surface area contributed by atoms with Gasteiger partial charge in [0, 0.05) is 17.7 Å². The van der Waals surface area contributed by atoms with Gasteiger partial charge < -0.3 is 9.47 Å². The van der Waals surface area contributed by atoms with Crippen molar-refractivity contribution in [1.82, 2.24) is 0 Å². The zero-order chi connectivity index (χ0) is 11.7. The Morgan fingerprint density at radius 2 is 2.25 bits per heavy atom. The van der Waals surface area contributed by atoms with Crippen molar-refractivity contribution in [3.05, 3.63) is 39.6 Å². The Kier molecular flexibility index (Phi) is 2.52. The summed E-state index contributed by atoms with van der Waals surface area (Å²) in [5.41, 5.74) is 0.767. The van der Waals surface area contributed by atoms with Gasteiger partial charge in [0.05, 0.1) is 12.0 Å². The van der Waals surface area contributed by atoms with E-state index in [9.17, 15) is 10.1 Å². The predicted octanol–water partition coefficient (Wildman–Crippen LogP) is 2.09. The summed E-state index contributed by atoms with van der Waals surface area (Å²) in [6.45, 7) is 1.65. The molecule has 1 aromatic rings. The lowest BCUT2D eigenvalue weighted by atomic mass is 10.1. The van der Waals surface area contributed by atoms with Crippen molar-refractivity contribution >= 4 is 6.08 Å². The summed E-state index contributed by atoms with van der Waals surface area (Å²) >= 11 is 0. The maximum Gasteiger partial charge on any atom is 0.286 e. The summed E-state index contributed by atoms with van der Waals surface area (Å²) < 4.78 is 10.5.